The smallest absolute Gasteiger partial charge is 0.234 e. The topological polar surface area (TPSA) is 58.2 Å². The highest BCUT2D eigenvalue weighted by molar-refractivity contribution is 8.00. The summed E-state index contributed by atoms with van der Waals surface area (Å²) < 4.78 is 13.5. The monoisotopic (exact) mass is 362 g/mol. The summed E-state index contributed by atoms with van der Waals surface area (Å²) in [5.41, 5.74) is 1.35. The van der Waals surface area contributed by atoms with Gasteiger partial charge in [0, 0.05) is 27.7 Å². The minimum atomic E-state index is -0.272. The highest BCUT2D eigenvalue weighted by Gasteiger charge is 2.16. The van der Waals surface area contributed by atoms with E-state index in [0.717, 1.165) is 10.6 Å². The number of thioether (sulfide) groups is 2. The molecule has 0 unspecified atom stereocenters. The highest BCUT2D eigenvalue weighted by Crippen LogP contribution is 2.33. The number of carbonyl (C=O) groups is 2. The SMILES string of the molecule is O=C(CCSc1ccccc1F)Nc1ccc2c(c1)NC(=O)CS2. The van der Waals surface area contributed by atoms with Crippen molar-refractivity contribution in [3.63, 3.8) is 0 Å². The molecule has 2 N–H and O–H groups in total. The first-order chi connectivity index (χ1) is 11.6. The number of hydrogen-bond acceptors (Lipinski definition) is 4. The number of amides is 2. The van der Waals surface area contributed by atoms with Gasteiger partial charge in [0.1, 0.15) is 5.82 Å². The van der Waals surface area contributed by atoms with E-state index in [1.807, 2.05) is 12.1 Å². The summed E-state index contributed by atoms with van der Waals surface area (Å²) in [6.07, 6.45) is 0.275. The molecule has 24 heavy (non-hydrogen) atoms. The molecule has 0 atom stereocenters. The van der Waals surface area contributed by atoms with Crippen molar-refractivity contribution in [2.24, 2.45) is 0 Å². The zero-order valence-corrected chi connectivity index (χ0v) is 14.3. The molecule has 0 saturated heterocycles. The summed E-state index contributed by atoms with van der Waals surface area (Å²) in [6, 6.07) is 11.9. The molecule has 0 aliphatic carbocycles. The minimum absolute atomic E-state index is 0.0442. The van der Waals surface area contributed by atoms with Gasteiger partial charge in [0.15, 0.2) is 0 Å². The van der Waals surface area contributed by atoms with E-state index in [1.54, 1.807) is 24.3 Å². The van der Waals surface area contributed by atoms with Crippen molar-refractivity contribution in [2.75, 3.05) is 22.1 Å². The van der Waals surface area contributed by atoms with Crippen molar-refractivity contribution in [1.82, 2.24) is 0 Å². The lowest BCUT2D eigenvalue weighted by molar-refractivity contribution is -0.116. The van der Waals surface area contributed by atoms with Gasteiger partial charge < -0.3 is 10.6 Å². The second-order valence-electron chi connectivity index (χ2n) is 5.12. The second kappa shape index (κ2) is 7.72. The van der Waals surface area contributed by atoms with Gasteiger partial charge >= 0.3 is 0 Å². The fourth-order valence-corrected chi connectivity index (χ4v) is 3.88. The van der Waals surface area contributed by atoms with Crippen LogP contribution in [0.4, 0.5) is 15.8 Å². The predicted molar refractivity (Wildman–Crippen MR) is 96.2 cm³/mol. The molecule has 0 radical (unpaired) electrons. The van der Waals surface area contributed by atoms with Crippen LogP contribution in [0.2, 0.25) is 0 Å². The summed E-state index contributed by atoms with van der Waals surface area (Å²) in [6.45, 7) is 0. The Kier molecular flexibility index (Phi) is 5.42. The molecule has 1 aliphatic heterocycles. The number of carbonyl (C=O) groups excluding carboxylic acids is 2. The molecule has 0 bridgehead atoms. The maximum absolute atomic E-state index is 13.5. The fraction of sp³-hybridized carbons (Fsp3) is 0.176. The third-order valence-corrected chi connectivity index (χ3v) is 5.44. The van der Waals surface area contributed by atoms with Crippen LogP contribution in [0.3, 0.4) is 0 Å². The van der Waals surface area contributed by atoms with E-state index in [2.05, 4.69) is 10.6 Å². The average Bonchev–Trinajstić information content (AvgIpc) is 2.56. The van der Waals surface area contributed by atoms with Gasteiger partial charge in [0.05, 0.1) is 11.4 Å². The largest absolute Gasteiger partial charge is 0.326 e. The molecule has 2 aromatic rings. The third-order valence-electron chi connectivity index (χ3n) is 3.32. The van der Waals surface area contributed by atoms with Crippen molar-refractivity contribution in [2.45, 2.75) is 16.2 Å². The number of anilines is 2. The summed E-state index contributed by atoms with van der Waals surface area (Å²) >= 11 is 2.79. The Morgan fingerprint density at radius 1 is 1.29 bits per heavy atom. The Balaban J connectivity index is 1.53. The van der Waals surface area contributed by atoms with E-state index in [0.29, 0.717) is 22.1 Å². The third kappa shape index (κ3) is 4.30. The lowest BCUT2D eigenvalue weighted by atomic mass is 10.2. The van der Waals surface area contributed by atoms with Crippen LogP contribution in [0.5, 0.6) is 0 Å². The van der Waals surface area contributed by atoms with Crippen LogP contribution < -0.4 is 10.6 Å². The first-order valence-electron chi connectivity index (χ1n) is 7.36. The van der Waals surface area contributed by atoms with Gasteiger partial charge in [-0.2, -0.15) is 0 Å². The van der Waals surface area contributed by atoms with Crippen molar-refractivity contribution in [1.29, 1.82) is 0 Å². The number of halogens is 1. The quantitative estimate of drug-likeness (QED) is 0.790. The highest BCUT2D eigenvalue weighted by atomic mass is 32.2. The van der Waals surface area contributed by atoms with Gasteiger partial charge in [-0.1, -0.05) is 12.1 Å². The molecule has 1 heterocycles. The Morgan fingerprint density at radius 2 is 2.12 bits per heavy atom. The van der Waals surface area contributed by atoms with Gasteiger partial charge in [-0.15, -0.1) is 23.5 Å². The minimum Gasteiger partial charge on any atom is -0.326 e. The maximum Gasteiger partial charge on any atom is 0.234 e. The van der Waals surface area contributed by atoms with Crippen molar-refractivity contribution >= 4 is 46.7 Å². The molecule has 4 nitrogen and oxygen atoms in total. The molecule has 124 valence electrons. The number of benzene rings is 2. The lowest BCUT2D eigenvalue weighted by Gasteiger charge is -2.17. The van der Waals surface area contributed by atoms with Gasteiger partial charge in [-0.25, -0.2) is 4.39 Å². The van der Waals surface area contributed by atoms with Crippen LogP contribution in [0.1, 0.15) is 6.42 Å². The van der Waals surface area contributed by atoms with Crippen molar-refractivity contribution in [3.8, 4) is 0 Å². The van der Waals surface area contributed by atoms with Gasteiger partial charge in [-0.05, 0) is 30.3 Å². The molecule has 0 saturated carbocycles. The molecule has 7 heteroatoms. The van der Waals surface area contributed by atoms with E-state index in [-0.39, 0.29) is 24.1 Å². The Bertz CT molecular complexity index is 783. The molecule has 0 fully saturated rings. The summed E-state index contributed by atoms with van der Waals surface area (Å²) in [5, 5.41) is 5.59. The molecule has 2 amide bonds. The molecule has 1 aliphatic rings. The molecular weight excluding hydrogens is 347 g/mol. The normalized spacial score (nSPS) is 13.1. The number of nitrogens with one attached hydrogen (secondary N) is 2. The van der Waals surface area contributed by atoms with Gasteiger partial charge in [0.25, 0.3) is 0 Å². The first kappa shape index (κ1) is 16.9. The first-order valence-corrected chi connectivity index (χ1v) is 9.33. The van der Waals surface area contributed by atoms with Gasteiger partial charge in [0.2, 0.25) is 11.8 Å². The summed E-state index contributed by atoms with van der Waals surface area (Å²) in [4.78, 5) is 24.9. The molecule has 0 aromatic heterocycles. The summed E-state index contributed by atoms with van der Waals surface area (Å²) in [7, 11) is 0. The standard InChI is InChI=1S/C17H15FN2O2S2/c18-12-3-1-2-4-14(12)23-8-7-16(21)19-11-5-6-15-13(9-11)20-17(22)10-24-15/h1-6,9H,7-8,10H2,(H,19,21)(H,20,22). The predicted octanol–water partition coefficient (Wildman–Crippen LogP) is 3.99. The number of rotatable bonds is 5. The van der Waals surface area contributed by atoms with E-state index in [9.17, 15) is 14.0 Å². The summed E-state index contributed by atoms with van der Waals surface area (Å²) in [5.74, 6) is 0.438. The van der Waals surface area contributed by atoms with Crippen LogP contribution in [0.15, 0.2) is 52.3 Å². The lowest BCUT2D eigenvalue weighted by Crippen LogP contribution is -2.19. The van der Waals surface area contributed by atoms with E-state index in [4.69, 9.17) is 0 Å². The van der Waals surface area contributed by atoms with Crippen molar-refractivity contribution < 1.29 is 14.0 Å². The van der Waals surface area contributed by atoms with Crippen LogP contribution >= 0.6 is 23.5 Å². The number of hydrogen-bond donors (Lipinski definition) is 2. The van der Waals surface area contributed by atoms with E-state index < -0.39 is 0 Å². The van der Waals surface area contributed by atoms with Crippen LogP contribution in [-0.4, -0.2) is 23.3 Å². The molecule has 3 rings (SSSR count). The van der Waals surface area contributed by atoms with Crippen LogP contribution in [-0.2, 0) is 9.59 Å². The van der Waals surface area contributed by atoms with Crippen LogP contribution in [0, 0.1) is 5.82 Å². The second-order valence-corrected chi connectivity index (χ2v) is 7.28. The number of fused-ring (bicyclic) bond motifs is 1. The fourth-order valence-electron chi connectivity index (χ4n) is 2.20. The van der Waals surface area contributed by atoms with E-state index >= 15 is 0 Å². The van der Waals surface area contributed by atoms with Crippen molar-refractivity contribution in [3.05, 3.63) is 48.3 Å². The zero-order valence-electron chi connectivity index (χ0n) is 12.7. The Labute approximate surface area is 147 Å². The molecule has 0 spiro atoms. The zero-order chi connectivity index (χ0) is 16.9. The Hall–Kier alpha value is -1.99. The Morgan fingerprint density at radius 3 is 2.96 bits per heavy atom. The maximum atomic E-state index is 13.5. The average molecular weight is 362 g/mol. The van der Waals surface area contributed by atoms with Crippen LogP contribution in [0.25, 0.3) is 0 Å². The van der Waals surface area contributed by atoms with E-state index in [1.165, 1.54) is 29.6 Å². The van der Waals surface area contributed by atoms with Gasteiger partial charge in [-0.3, -0.25) is 9.59 Å². The molecule has 2 aromatic carbocycles. The molecular formula is C17H15FN2O2S2.